The van der Waals surface area contributed by atoms with Crippen molar-refractivity contribution in [3.05, 3.63) is 48.4 Å². The maximum Gasteiger partial charge on any atom is 0.328 e. The third-order valence-corrected chi connectivity index (χ3v) is 5.08. The van der Waals surface area contributed by atoms with Gasteiger partial charge in [0, 0.05) is 17.9 Å². The monoisotopic (exact) mass is 412 g/mol. The van der Waals surface area contributed by atoms with Gasteiger partial charge in [0.05, 0.1) is 11.9 Å². The molecule has 2 N–H and O–H groups in total. The predicted molar refractivity (Wildman–Crippen MR) is 101 cm³/mol. The van der Waals surface area contributed by atoms with E-state index in [2.05, 4.69) is 15.6 Å². The first-order chi connectivity index (χ1) is 14.1. The van der Waals surface area contributed by atoms with Crippen LogP contribution in [0, 0.1) is 11.2 Å². The molecule has 4 rings (SSSR count). The van der Waals surface area contributed by atoms with Crippen molar-refractivity contribution in [2.75, 3.05) is 4.90 Å². The van der Waals surface area contributed by atoms with Gasteiger partial charge < -0.3 is 4.74 Å². The van der Waals surface area contributed by atoms with Gasteiger partial charge in [-0.05, 0) is 30.3 Å². The molecule has 2 aliphatic heterocycles. The van der Waals surface area contributed by atoms with Gasteiger partial charge in [0.15, 0.2) is 0 Å². The Balaban J connectivity index is 1.69. The number of barbiturate groups is 1. The van der Waals surface area contributed by atoms with Gasteiger partial charge >= 0.3 is 6.03 Å². The SMILES string of the molecule is CC1(C)CC2(C(=O)NC(=O)NC2=O)N(c2ccc(Oc3ccc(F)cc3)nc2)C1=O. The van der Waals surface area contributed by atoms with Crippen molar-refractivity contribution in [2.45, 2.75) is 25.8 Å². The van der Waals surface area contributed by atoms with Crippen molar-refractivity contribution in [3.8, 4) is 11.6 Å². The number of anilines is 1. The van der Waals surface area contributed by atoms with Gasteiger partial charge in [0.1, 0.15) is 11.6 Å². The molecule has 0 saturated carbocycles. The highest BCUT2D eigenvalue weighted by molar-refractivity contribution is 6.29. The van der Waals surface area contributed by atoms with E-state index in [9.17, 15) is 23.6 Å². The van der Waals surface area contributed by atoms with Crippen LogP contribution in [0.5, 0.6) is 11.6 Å². The first kappa shape index (κ1) is 19.5. The largest absolute Gasteiger partial charge is 0.439 e. The van der Waals surface area contributed by atoms with Crippen LogP contribution in [0.25, 0.3) is 0 Å². The first-order valence-electron chi connectivity index (χ1n) is 9.04. The minimum Gasteiger partial charge on any atom is -0.439 e. The second-order valence-electron chi connectivity index (χ2n) is 7.71. The molecule has 5 amide bonds. The summed E-state index contributed by atoms with van der Waals surface area (Å²) in [7, 11) is 0. The van der Waals surface area contributed by atoms with Gasteiger partial charge in [-0.2, -0.15) is 0 Å². The highest BCUT2D eigenvalue weighted by Crippen LogP contribution is 2.46. The molecule has 1 aromatic heterocycles. The van der Waals surface area contributed by atoms with Crippen LogP contribution in [0.15, 0.2) is 42.6 Å². The molecule has 3 heterocycles. The van der Waals surface area contributed by atoms with E-state index in [0.29, 0.717) is 5.75 Å². The number of imide groups is 2. The average molecular weight is 412 g/mol. The topological polar surface area (TPSA) is 118 Å². The summed E-state index contributed by atoms with van der Waals surface area (Å²) in [6.45, 7) is 3.24. The molecule has 0 atom stereocenters. The predicted octanol–water partition coefficient (Wildman–Crippen LogP) is 1.88. The second-order valence-corrected chi connectivity index (χ2v) is 7.71. The van der Waals surface area contributed by atoms with E-state index < -0.39 is 40.5 Å². The summed E-state index contributed by atoms with van der Waals surface area (Å²) < 4.78 is 18.5. The number of nitrogens with zero attached hydrogens (tertiary/aromatic N) is 2. The lowest BCUT2D eigenvalue weighted by Crippen LogP contribution is -2.72. The standard InChI is InChI=1S/C20H17FN4O5/c1-19(2)10-20(15(26)23-18(29)24-16(20)27)25(17(19)28)12-5-8-14(22-9-12)30-13-6-3-11(21)4-7-13/h3-9H,10H2,1-2H3,(H2,23,24,26,27,29). The number of ether oxygens (including phenoxy) is 1. The van der Waals surface area contributed by atoms with Crippen LogP contribution in [-0.2, 0) is 14.4 Å². The fraction of sp³-hybridized carbons (Fsp3) is 0.250. The minimum atomic E-state index is -1.91. The number of carbonyl (C=O) groups excluding carboxylic acids is 4. The minimum absolute atomic E-state index is 0.113. The lowest BCUT2D eigenvalue weighted by atomic mass is 9.81. The number of hydrogen-bond acceptors (Lipinski definition) is 6. The highest BCUT2D eigenvalue weighted by atomic mass is 19.1. The van der Waals surface area contributed by atoms with Gasteiger partial charge in [-0.3, -0.25) is 29.9 Å². The summed E-state index contributed by atoms with van der Waals surface area (Å²) in [6, 6.07) is 7.33. The lowest BCUT2D eigenvalue weighted by molar-refractivity contribution is -0.138. The molecule has 0 unspecified atom stereocenters. The molecule has 1 spiro atoms. The summed E-state index contributed by atoms with van der Waals surface area (Å²) in [5, 5.41) is 4.14. The van der Waals surface area contributed by atoms with Crippen LogP contribution in [0.4, 0.5) is 14.9 Å². The van der Waals surface area contributed by atoms with Crippen LogP contribution in [0.1, 0.15) is 20.3 Å². The molecule has 2 aromatic rings. The molecule has 10 heteroatoms. The normalized spacial score (nSPS) is 19.6. The molecule has 2 saturated heterocycles. The zero-order chi connectivity index (χ0) is 21.7. The molecule has 30 heavy (non-hydrogen) atoms. The number of amides is 5. The molecular formula is C20H17FN4O5. The quantitative estimate of drug-likeness (QED) is 0.744. The zero-order valence-corrected chi connectivity index (χ0v) is 16.1. The molecule has 2 fully saturated rings. The van der Waals surface area contributed by atoms with E-state index in [1.807, 2.05) is 0 Å². The fourth-order valence-corrected chi connectivity index (χ4v) is 3.71. The van der Waals surface area contributed by atoms with Crippen LogP contribution in [-0.4, -0.2) is 34.3 Å². The molecule has 154 valence electrons. The number of nitrogens with one attached hydrogen (secondary N) is 2. The molecule has 9 nitrogen and oxygen atoms in total. The van der Waals surface area contributed by atoms with E-state index in [-0.39, 0.29) is 18.0 Å². The molecule has 1 aromatic carbocycles. The number of carbonyl (C=O) groups is 4. The molecule has 2 aliphatic rings. The smallest absolute Gasteiger partial charge is 0.328 e. The van der Waals surface area contributed by atoms with Crippen molar-refractivity contribution in [1.29, 1.82) is 0 Å². The van der Waals surface area contributed by atoms with Gasteiger partial charge in [-0.15, -0.1) is 0 Å². The summed E-state index contributed by atoms with van der Waals surface area (Å²) in [5.74, 6) is -2.09. The number of rotatable bonds is 3. The van der Waals surface area contributed by atoms with E-state index >= 15 is 0 Å². The Kier molecular flexibility index (Phi) is 4.30. The van der Waals surface area contributed by atoms with Crippen LogP contribution in [0.3, 0.4) is 0 Å². The maximum atomic E-state index is 13.1. The summed E-state index contributed by atoms with van der Waals surface area (Å²) in [5.41, 5.74) is -2.75. The Hall–Kier alpha value is -3.82. The molecule has 0 radical (unpaired) electrons. The summed E-state index contributed by atoms with van der Waals surface area (Å²) >= 11 is 0. The first-order valence-corrected chi connectivity index (χ1v) is 9.04. The Labute approximate surface area is 170 Å². The highest BCUT2D eigenvalue weighted by Gasteiger charge is 2.66. The number of halogens is 1. The van der Waals surface area contributed by atoms with E-state index in [1.54, 1.807) is 13.8 Å². The van der Waals surface area contributed by atoms with E-state index in [4.69, 9.17) is 4.74 Å². The third-order valence-electron chi connectivity index (χ3n) is 5.08. The molecular weight excluding hydrogens is 395 g/mol. The number of hydrogen-bond donors (Lipinski definition) is 2. The number of benzene rings is 1. The van der Waals surface area contributed by atoms with E-state index in [1.165, 1.54) is 42.6 Å². The number of urea groups is 1. The third kappa shape index (κ3) is 2.97. The van der Waals surface area contributed by atoms with Crippen molar-refractivity contribution in [3.63, 3.8) is 0 Å². The van der Waals surface area contributed by atoms with Crippen molar-refractivity contribution < 1.29 is 28.3 Å². The summed E-state index contributed by atoms with van der Waals surface area (Å²) in [4.78, 5) is 55.3. The summed E-state index contributed by atoms with van der Waals surface area (Å²) in [6.07, 6.45) is 1.18. The molecule has 0 aliphatic carbocycles. The number of pyridine rings is 1. The maximum absolute atomic E-state index is 13.1. The van der Waals surface area contributed by atoms with Crippen LogP contribution >= 0.6 is 0 Å². The van der Waals surface area contributed by atoms with E-state index in [0.717, 1.165) is 4.90 Å². The Bertz CT molecular complexity index is 1050. The molecule has 0 bridgehead atoms. The van der Waals surface area contributed by atoms with Crippen molar-refractivity contribution in [2.24, 2.45) is 5.41 Å². The fourth-order valence-electron chi connectivity index (χ4n) is 3.71. The van der Waals surface area contributed by atoms with Gasteiger partial charge in [0.25, 0.3) is 11.8 Å². The Morgan fingerprint density at radius 1 is 1.00 bits per heavy atom. The number of aromatic nitrogens is 1. The van der Waals surface area contributed by atoms with Gasteiger partial charge in [0.2, 0.25) is 17.3 Å². The van der Waals surface area contributed by atoms with Crippen LogP contribution in [0.2, 0.25) is 0 Å². The average Bonchev–Trinajstić information content (AvgIpc) is 2.90. The zero-order valence-electron chi connectivity index (χ0n) is 16.1. The van der Waals surface area contributed by atoms with Crippen molar-refractivity contribution in [1.82, 2.24) is 15.6 Å². The second kappa shape index (κ2) is 6.61. The van der Waals surface area contributed by atoms with Crippen LogP contribution < -0.4 is 20.3 Å². The Morgan fingerprint density at radius 3 is 2.20 bits per heavy atom. The van der Waals surface area contributed by atoms with Gasteiger partial charge in [-0.25, -0.2) is 14.2 Å². The lowest BCUT2D eigenvalue weighted by Gasteiger charge is -2.37. The van der Waals surface area contributed by atoms with Crippen molar-refractivity contribution >= 4 is 29.4 Å². The Morgan fingerprint density at radius 2 is 1.63 bits per heavy atom. The van der Waals surface area contributed by atoms with Gasteiger partial charge in [-0.1, -0.05) is 13.8 Å².